The molecule has 0 aliphatic rings. The predicted octanol–water partition coefficient (Wildman–Crippen LogP) is 1.93. The Labute approximate surface area is 91.5 Å². The Morgan fingerprint density at radius 2 is 2.12 bits per heavy atom. The van der Waals surface area contributed by atoms with Gasteiger partial charge in [-0.15, -0.1) is 0 Å². The number of anilines is 1. The van der Waals surface area contributed by atoms with Crippen LogP contribution in [0.25, 0.3) is 11.3 Å². The topological polar surface area (TPSA) is 89.4 Å². The van der Waals surface area contributed by atoms with Crippen LogP contribution in [0.1, 0.15) is 15.9 Å². The number of nitrogen functional groups attached to an aromatic ring is 1. The van der Waals surface area contributed by atoms with Crippen molar-refractivity contribution in [1.82, 2.24) is 5.16 Å². The normalized spacial score (nSPS) is 10.3. The average molecular weight is 218 g/mol. The van der Waals surface area contributed by atoms with E-state index in [0.29, 0.717) is 5.56 Å². The van der Waals surface area contributed by atoms with Gasteiger partial charge in [0.05, 0.1) is 0 Å². The van der Waals surface area contributed by atoms with Gasteiger partial charge in [0.15, 0.2) is 17.1 Å². The highest BCUT2D eigenvalue weighted by Crippen LogP contribution is 2.29. The van der Waals surface area contributed by atoms with Gasteiger partial charge in [-0.25, -0.2) is 4.79 Å². The molecule has 2 rings (SSSR count). The van der Waals surface area contributed by atoms with Crippen molar-refractivity contribution in [2.75, 3.05) is 5.73 Å². The van der Waals surface area contributed by atoms with Crippen LogP contribution in [-0.4, -0.2) is 16.2 Å². The smallest absolute Gasteiger partial charge is 0.343 e. The standard InChI is InChI=1S/C11H10N2O3/c1-6-4-2-3-5-7(6)9-8(11(14)15)10(12)13-16-9/h2-5H,1H3,(H2,12,13)(H,14,15). The number of aromatic carboxylic acids is 1. The van der Waals surface area contributed by atoms with Crippen molar-refractivity contribution in [3.05, 3.63) is 35.4 Å². The minimum Gasteiger partial charge on any atom is -0.477 e. The SMILES string of the molecule is Cc1ccccc1-c1onc(N)c1C(=O)O. The van der Waals surface area contributed by atoms with Crippen LogP contribution in [0.2, 0.25) is 0 Å². The molecule has 0 radical (unpaired) electrons. The molecule has 1 aromatic carbocycles. The zero-order chi connectivity index (χ0) is 11.7. The minimum atomic E-state index is -1.14. The van der Waals surface area contributed by atoms with Gasteiger partial charge in [0.2, 0.25) is 0 Å². The van der Waals surface area contributed by atoms with Crippen LogP contribution in [0.4, 0.5) is 5.82 Å². The van der Waals surface area contributed by atoms with E-state index >= 15 is 0 Å². The number of nitrogens with zero attached hydrogens (tertiary/aromatic N) is 1. The van der Waals surface area contributed by atoms with Crippen LogP contribution in [0.5, 0.6) is 0 Å². The van der Waals surface area contributed by atoms with Crippen molar-refractivity contribution in [2.24, 2.45) is 0 Å². The van der Waals surface area contributed by atoms with Gasteiger partial charge in [0.1, 0.15) is 0 Å². The molecule has 3 N–H and O–H groups in total. The number of hydrogen-bond donors (Lipinski definition) is 2. The summed E-state index contributed by atoms with van der Waals surface area (Å²) in [5.41, 5.74) is 6.94. The number of rotatable bonds is 2. The molecule has 0 aliphatic carbocycles. The maximum absolute atomic E-state index is 11.0. The van der Waals surface area contributed by atoms with E-state index in [2.05, 4.69) is 5.16 Å². The van der Waals surface area contributed by atoms with Crippen molar-refractivity contribution in [3.63, 3.8) is 0 Å². The van der Waals surface area contributed by atoms with Crippen molar-refractivity contribution in [2.45, 2.75) is 6.92 Å². The summed E-state index contributed by atoms with van der Waals surface area (Å²) in [6.07, 6.45) is 0. The maximum atomic E-state index is 11.0. The molecule has 5 nitrogen and oxygen atoms in total. The Morgan fingerprint density at radius 1 is 1.44 bits per heavy atom. The second-order valence-corrected chi connectivity index (χ2v) is 3.39. The fourth-order valence-corrected chi connectivity index (χ4v) is 1.52. The average Bonchev–Trinajstić information content (AvgIpc) is 2.61. The lowest BCUT2D eigenvalue weighted by atomic mass is 10.0. The molecule has 0 atom stereocenters. The van der Waals surface area contributed by atoms with Crippen LogP contribution in [0.15, 0.2) is 28.8 Å². The summed E-state index contributed by atoms with van der Waals surface area (Å²) in [5.74, 6) is -1.05. The highest BCUT2D eigenvalue weighted by atomic mass is 16.5. The molecule has 0 amide bonds. The first-order valence-corrected chi connectivity index (χ1v) is 4.65. The lowest BCUT2D eigenvalue weighted by Gasteiger charge is -2.01. The number of benzene rings is 1. The fourth-order valence-electron chi connectivity index (χ4n) is 1.52. The number of carboxylic acids is 1. The molecule has 0 spiro atoms. The molecule has 0 bridgehead atoms. The van der Waals surface area contributed by atoms with E-state index < -0.39 is 5.97 Å². The Bertz CT molecular complexity index is 546. The minimum absolute atomic E-state index is 0.0886. The first-order valence-electron chi connectivity index (χ1n) is 4.65. The molecule has 1 aromatic heterocycles. The van der Waals surface area contributed by atoms with E-state index in [0.717, 1.165) is 5.56 Å². The van der Waals surface area contributed by atoms with Gasteiger partial charge >= 0.3 is 5.97 Å². The van der Waals surface area contributed by atoms with Crippen LogP contribution >= 0.6 is 0 Å². The van der Waals surface area contributed by atoms with Gasteiger partial charge in [-0.3, -0.25) is 0 Å². The van der Waals surface area contributed by atoms with E-state index in [-0.39, 0.29) is 17.1 Å². The number of aryl methyl sites for hydroxylation is 1. The summed E-state index contributed by atoms with van der Waals surface area (Å²) in [5, 5.41) is 12.5. The summed E-state index contributed by atoms with van der Waals surface area (Å²) in [4.78, 5) is 11.0. The van der Waals surface area contributed by atoms with Crippen molar-refractivity contribution >= 4 is 11.8 Å². The van der Waals surface area contributed by atoms with Crippen LogP contribution in [0.3, 0.4) is 0 Å². The molecule has 0 saturated carbocycles. The third-order valence-corrected chi connectivity index (χ3v) is 2.32. The number of hydrogen-bond acceptors (Lipinski definition) is 4. The number of carbonyl (C=O) groups is 1. The van der Waals surface area contributed by atoms with E-state index in [1.165, 1.54) is 0 Å². The zero-order valence-corrected chi connectivity index (χ0v) is 8.60. The second kappa shape index (κ2) is 3.69. The maximum Gasteiger partial charge on any atom is 0.343 e. The summed E-state index contributed by atoms with van der Waals surface area (Å²) in [6, 6.07) is 7.28. The fraction of sp³-hybridized carbons (Fsp3) is 0.0909. The van der Waals surface area contributed by atoms with Crippen molar-refractivity contribution in [3.8, 4) is 11.3 Å². The molecule has 0 saturated heterocycles. The monoisotopic (exact) mass is 218 g/mol. The molecule has 2 aromatic rings. The predicted molar refractivity (Wildman–Crippen MR) is 58.0 cm³/mol. The molecule has 16 heavy (non-hydrogen) atoms. The Hall–Kier alpha value is -2.30. The molecule has 0 aliphatic heterocycles. The van der Waals surface area contributed by atoms with E-state index in [1.807, 2.05) is 19.1 Å². The summed E-state index contributed by atoms with van der Waals surface area (Å²) in [6.45, 7) is 1.86. The molecular formula is C11H10N2O3. The first kappa shape index (κ1) is 10.2. The molecule has 82 valence electrons. The van der Waals surface area contributed by atoms with Crippen LogP contribution in [-0.2, 0) is 0 Å². The lowest BCUT2D eigenvalue weighted by Crippen LogP contribution is -2.01. The molecule has 0 fully saturated rings. The van der Waals surface area contributed by atoms with Crippen molar-refractivity contribution in [1.29, 1.82) is 0 Å². The van der Waals surface area contributed by atoms with E-state index in [1.54, 1.807) is 12.1 Å². The quantitative estimate of drug-likeness (QED) is 0.803. The highest BCUT2D eigenvalue weighted by Gasteiger charge is 2.22. The van der Waals surface area contributed by atoms with Crippen LogP contribution in [0, 0.1) is 6.92 Å². The second-order valence-electron chi connectivity index (χ2n) is 3.39. The summed E-state index contributed by atoms with van der Waals surface area (Å²) >= 11 is 0. The van der Waals surface area contributed by atoms with Gasteiger partial charge in [0.25, 0.3) is 0 Å². The van der Waals surface area contributed by atoms with Crippen molar-refractivity contribution < 1.29 is 14.4 Å². The molecule has 0 unspecified atom stereocenters. The number of carboxylic acid groups (broad SMARTS) is 1. The number of nitrogens with two attached hydrogens (primary N) is 1. The Kier molecular flexibility index (Phi) is 2.36. The third kappa shape index (κ3) is 1.52. The molecular weight excluding hydrogens is 208 g/mol. The van der Waals surface area contributed by atoms with Gasteiger partial charge in [-0.05, 0) is 12.5 Å². The molecule has 5 heteroatoms. The third-order valence-electron chi connectivity index (χ3n) is 2.32. The Morgan fingerprint density at radius 3 is 2.75 bits per heavy atom. The van der Waals surface area contributed by atoms with E-state index in [9.17, 15) is 4.79 Å². The Balaban J connectivity index is 2.66. The van der Waals surface area contributed by atoms with Gasteiger partial charge in [-0.1, -0.05) is 29.4 Å². The van der Waals surface area contributed by atoms with E-state index in [4.69, 9.17) is 15.4 Å². The van der Waals surface area contributed by atoms with Crippen LogP contribution < -0.4 is 5.73 Å². The summed E-state index contributed by atoms with van der Waals surface area (Å²) < 4.78 is 4.97. The summed E-state index contributed by atoms with van der Waals surface area (Å²) in [7, 11) is 0. The number of aromatic nitrogens is 1. The first-order chi connectivity index (χ1) is 7.61. The largest absolute Gasteiger partial charge is 0.477 e. The lowest BCUT2D eigenvalue weighted by molar-refractivity contribution is 0.0698. The molecule has 1 heterocycles. The van der Waals surface area contributed by atoms with Gasteiger partial charge in [0, 0.05) is 5.56 Å². The zero-order valence-electron chi connectivity index (χ0n) is 8.60. The van der Waals surface area contributed by atoms with Gasteiger partial charge in [-0.2, -0.15) is 0 Å². The van der Waals surface area contributed by atoms with Gasteiger partial charge < -0.3 is 15.4 Å². The highest BCUT2D eigenvalue weighted by molar-refractivity contribution is 5.99.